The van der Waals surface area contributed by atoms with Gasteiger partial charge in [0.05, 0.1) is 16.3 Å². The highest BCUT2D eigenvalue weighted by atomic mass is 32.2. The summed E-state index contributed by atoms with van der Waals surface area (Å²) in [7, 11) is 1.03. The van der Waals surface area contributed by atoms with Crippen molar-refractivity contribution in [2.24, 2.45) is 7.05 Å². The molecule has 29 heavy (non-hydrogen) atoms. The van der Waals surface area contributed by atoms with Crippen molar-refractivity contribution >= 4 is 21.6 Å². The SMILES string of the molecule is Cc1c(NC(=O)c2ccc(S(=O)(=O)N(C)C)cc2)c(=O)n(-c2ccccc2)n1C. The summed E-state index contributed by atoms with van der Waals surface area (Å²) in [5, 5.41) is 2.65. The predicted molar refractivity (Wildman–Crippen MR) is 111 cm³/mol. The second-order valence-electron chi connectivity index (χ2n) is 6.70. The lowest BCUT2D eigenvalue weighted by atomic mass is 10.2. The number of sulfonamides is 1. The number of aromatic nitrogens is 2. The maximum Gasteiger partial charge on any atom is 0.295 e. The zero-order chi connectivity index (χ0) is 21.3. The number of carbonyl (C=O) groups is 1. The summed E-state index contributed by atoms with van der Waals surface area (Å²) in [6, 6.07) is 14.7. The minimum absolute atomic E-state index is 0.0846. The Labute approximate surface area is 169 Å². The Kier molecular flexibility index (Phi) is 5.45. The van der Waals surface area contributed by atoms with E-state index in [1.807, 2.05) is 18.2 Å². The fourth-order valence-corrected chi connectivity index (χ4v) is 3.79. The Bertz CT molecular complexity index is 1210. The zero-order valence-electron chi connectivity index (χ0n) is 16.6. The third kappa shape index (κ3) is 3.74. The normalized spacial score (nSPS) is 11.6. The van der Waals surface area contributed by atoms with Gasteiger partial charge in [0.2, 0.25) is 10.0 Å². The highest BCUT2D eigenvalue weighted by molar-refractivity contribution is 7.89. The molecule has 0 atom stereocenters. The van der Waals surface area contributed by atoms with E-state index in [9.17, 15) is 18.0 Å². The summed E-state index contributed by atoms with van der Waals surface area (Å²) in [6.45, 7) is 1.74. The second-order valence-corrected chi connectivity index (χ2v) is 8.85. The number of hydrogen-bond donors (Lipinski definition) is 1. The third-order valence-electron chi connectivity index (χ3n) is 4.69. The van der Waals surface area contributed by atoms with Gasteiger partial charge in [0.15, 0.2) is 0 Å². The van der Waals surface area contributed by atoms with Gasteiger partial charge in [0, 0.05) is 26.7 Å². The zero-order valence-corrected chi connectivity index (χ0v) is 17.4. The van der Waals surface area contributed by atoms with Crippen LogP contribution in [0.4, 0.5) is 5.69 Å². The number of nitrogens with one attached hydrogen (secondary N) is 1. The molecule has 3 aromatic rings. The number of nitrogens with zero attached hydrogens (tertiary/aromatic N) is 3. The first-order valence-corrected chi connectivity index (χ1v) is 10.3. The van der Waals surface area contributed by atoms with E-state index in [1.54, 1.807) is 30.8 Å². The van der Waals surface area contributed by atoms with Crippen LogP contribution in [0.25, 0.3) is 5.69 Å². The Morgan fingerprint density at radius 3 is 2.14 bits per heavy atom. The molecule has 2 aromatic carbocycles. The van der Waals surface area contributed by atoms with Gasteiger partial charge < -0.3 is 5.32 Å². The maximum atomic E-state index is 12.9. The lowest BCUT2D eigenvalue weighted by molar-refractivity contribution is 0.102. The van der Waals surface area contributed by atoms with E-state index in [4.69, 9.17) is 0 Å². The molecule has 1 heterocycles. The van der Waals surface area contributed by atoms with E-state index < -0.39 is 15.9 Å². The summed E-state index contributed by atoms with van der Waals surface area (Å²) < 4.78 is 28.5. The molecule has 8 nitrogen and oxygen atoms in total. The Morgan fingerprint density at radius 1 is 1.00 bits per heavy atom. The summed E-state index contributed by atoms with van der Waals surface area (Å²) in [5.41, 5.74) is 1.35. The van der Waals surface area contributed by atoms with Crippen LogP contribution in [0, 0.1) is 6.92 Å². The minimum Gasteiger partial charge on any atom is -0.316 e. The molecule has 152 valence electrons. The van der Waals surface area contributed by atoms with Gasteiger partial charge in [0.1, 0.15) is 5.69 Å². The molecule has 0 spiro atoms. The molecule has 0 aliphatic carbocycles. The van der Waals surface area contributed by atoms with Crippen molar-refractivity contribution in [1.82, 2.24) is 13.7 Å². The van der Waals surface area contributed by atoms with Gasteiger partial charge in [0.25, 0.3) is 11.5 Å². The number of carbonyl (C=O) groups excluding carboxylic acids is 1. The summed E-state index contributed by atoms with van der Waals surface area (Å²) in [4.78, 5) is 25.6. The Morgan fingerprint density at radius 2 is 1.59 bits per heavy atom. The standard InChI is InChI=1S/C20H22N4O4S/c1-14-18(20(26)24(23(14)4)16-8-6-5-7-9-16)21-19(25)15-10-12-17(13-11-15)29(27,28)22(2)3/h5-13H,1-4H3,(H,21,25). The highest BCUT2D eigenvalue weighted by Gasteiger charge is 2.20. The average Bonchev–Trinajstić information content (AvgIpc) is 2.91. The predicted octanol–water partition coefficient (Wildman–Crippen LogP) is 1.99. The van der Waals surface area contributed by atoms with Gasteiger partial charge in [-0.25, -0.2) is 17.4 Å². The first-order chi connectivity index (χ1) is 13.6. The molecule has 1 N–H and O–H groups in total. The first kappa shape index (κ1) is 20.6. The fraction of sp³-hybridized carbons (Fsp3) is 0.200. The van der Waals surface area contributed by atoms with E-state index in [2.05, 4.69) is 5.32 Å². The minimum atomic E-state index is -3.58. The van der Waals surface area contributed by atoms with Crippen LogP contribution in [-0.4, -0.2) is 42.1 Å². The lowest BCUT2D eigenvalue weighted by Crippen LogP contribution is -2.23. The molecular formula is C20H22N4O4S. The van der Waals surface area contributed by atoms with Gasteiger partial charge in [-0.15, -0.1) is 0 Å². The number of rotatable bonds is 5. The number of benzene rings is 2. The van der Waals surface area contributed by atoms with E-state index in [0.29, 0.717) is 11.4 Å². The van der Waals surface area contributed by atoms with Gasteiger partial charge in [-0.2, -0.15) is 0 Å². The molecule has 0 aliphatic heterocycles. The largest absolute Gasteiger partial charge is 0.316 e. The number of para-hydroxylation sites is 1. The van der Waals surface area contributed by atoms with Crippen LogP contribution >= 0.6 is 0 Å². The van der Waals surface area contributed by atoms with Crippen molar-refractivity contribution in [3.8, 4) is 5.69 Å². The van der Waals surface area contributed by atoms with Crippen molar-refractivity contribution in [3.05, 3.63) is 76.2 Å². The lowest BCUT2D eigenvalue weighted by Gasteiger charge is -2.11. The first-order valence-electron chi connectivity index (χ1n) is 8.82. The fourth-order valence-electron chi connectivity index (χ4n) is 2.89. The highest BCUT2D eigenvalue weighted by Crippen LogP contribution is 2.17. The van der Waals surface area contributed by atoms with Crippen LogP contribution in [0.1, 0.15) is 16.1 Å². The molecule has 0 saturated carbocycles. The summed E-state index contributed by atoms with van der Waals surface area (Å²) in [6.07, 6.45) is 0. The Balaban J connectivity index is 1.92. The molecule has 0 radical (unpaired) electrons. The van der Waals surface area contributed by atoms with Crippen LogP contribution in [0.15, 0.2) is 64.3 Å². The molecule has 0 unspecified atom stereocenters. The van der Waals surface area contributed by atoms with Crippen molar-refractivity contribution < 1.29 is 13.2 Å². The van der Waals surface area contributed by atoms with E-state index in [-0.39, 0.29) is 21.7 Å². The molecule has 0 saturated heterocycles. The molecule has 1 aromatic heterocycles. The van der Waals surface area contributed by atoms with Gasteiger partial charge >= 0.3 is 0 Å². The molecule has 3 rings (SSSR count). The van der Waals surface area contributed by atoms with Gasteiger partial charge in [-0.05, 0) is 43.3 Å². The van der Waals surface area contributed by atoms with Crippen LogP contribution in [0.3, 0.4) is 0 Å². The topological polar surface area (TPSA) is 93.4 Å². The average molecular weight is 414 g/mol. The summed E-state index contributed by atoms with van der Waals surface area (Å²) >= 11 is 0. The number of amides is 1. The van der Waals surface area contributed by atoms with Crippen molar-refractivity contribution in [2.45, 2.75) is 11.8 Å². The monoisotopic (exact) mass is 414 g/mol. The molecule has 9 heteroatoms. The van der Waals surface area contributed by atoms with Crippen LogP contribution in [0.5, 0.6) is 0 Å². The number of anilines is 1. The van der Waals surface area contributed by atoms with E-state index in [0.717, 1.165) is 4.31 Å². The molecule has 0 bridgehead atoms. The van der Waals surface area contributed by atoms with Gasteiger partial charge in [-0.3, -0.25) is 14.3 Å². The van der Waals surface area contributed by atoms with Crippen molar-refractivity contribution in [2.75, 3.05) is 19.4 Å². The van der Waals surface area contributed by atoms with E-state index >= 15 is 0 Å². The van der Waals surface area contributed by atoms with Crippen molar-refractivity contribution in [3.63, 3.8) is 0 Å². The maximum absolute atomic E-state index is 12.9. The molecule has 0 fully saturated rings. The second kappa shape index (κ2) is 7.69. The number of hydrogen-bond acceptors (Lipinski definition) is 4. The smallest absolute Gasteiger partial charge is 0.295 e. The van der Waals surface area contributed by atoms with Crippen LogP contribution < -0.4 is 10.9 Å². The van der Waals surface area contributed by atoms with Crippen LogP contribution in [0.2, 0.25) is 0 Å². The quantitative estimate of drug-likeness (QED) is 0.691. The molecule has 1 amide bonds. The third-order valence-corrected chi connectivity index (χ3v) is 6.52. The van der Waals surface area contributed by atoms with E-state index in [1.165, 1.54) is 43.0 Å². The molecular weight excluding hydrogens is 392 g/mol. The van der Waals surface area contributed by atoms with Crippen LogP contribution in [-0.2, 0) is 17.1 Å². The summed E-state index contributed by atoms with van der Waals surface area (Å²) in [5.74, 6) is -0.496. The Hall–Kier alpha value is -3.17. The van der Waals surface area contributed by atoms with Crippen molar-refractivity contribution in [1.29, 1.82) is 0 Å². The van der Waals surface area contributed by atoms with Gasteiger partial charge in [-0.1, -0.05) is 18.2 Å². The molecule has 0 aliphatic rings.